The smallest absolute Gasteiger partial charge is 0.325 e. The maximum atomic E-state index is 12.5. The van der Waals surface area contributed by atoms with Crippen LogP contribution in [0.4, 0.5) is 5.69 Å². The molecular formula is C19H17N3O6. The van der Waals surface area contributed by atoms with Crippen molar-refractivity contribution in [2.75, 3.05) is 0 Å². The molecule has 0 bridgehead atoms. The first-order valence-electron chi connectivity index (χ1n) is 8.14. The SMILES string of the molecule is C[C@@H](NC(=O)/C(=C/c1cccc([N+](=O)[O-])c1)NC(=O)c1ccccc1)C(=O)O. The lowest BCUT2D eigenvalue weighted by Crippen LogP contribution is -2.42. The molecule has 28 heavy (non-hydrogen) atoms. The number of non-ortho nitro benzene ring substituents is 1. The number of benzene rings is 2. The first-order chi connectivity index (χ1) is 13.3. The van der Waals surface area contributed by atoms with Crippen LogP contribution in [0.25, 0.3) is 6.08 Å². The standard InChI is InChI=1S/C19H17N3O6/c1-12(19(25)26)20-18(24)16(21-17(23)14-7-3-2-4-8-14)11-13-6-5-9-15(10-13)22(27)28/h2-12H,1H3,(H,20,24)(H,21,23)(H,25,26)/b16-11-/t12-/m1/s1. The number of hydrogen-bond acceptors (Lipinski definition) is 5. The number of carbonyl (C=O) groups is 3. The predicted molar refractivity (Wildman–Crippen MR) is 100 cm³/mol. The van der Waals surface area contributed by atoms with E-state index in [-0.39, 0.29) is 22.5 Å². The molecule has 9 nitrogen and oxygen atoms in total. The Hall–Kier alpha value is -4.01. The summed E-state index contributed by atoms with van der Waals surface area (Å²) in [7, 11) is 0. The van der Waals surface area contributed by atoms with Crippen LogP contribution in [0.15, 0.2) is 60.3 Å². The van der Waals surface area contributed by atoms with Gasteiger partial charge in [0.25, 0.3) is 17.5 Å². The fourth-order valence-corrected chi connectivity index (χ4v) is 2.17. The van der Waals surface area contributed by atoms with Gasteiger partial charge in [-0.25, -0.2) is 0 Å². The number of amides is 2. The highest BCUT2D eigenvalue weighted by atomic mass is 16.6. The molecule has 2 aromatic rings. The van der Waals surface area contributed by atoms with E-state index in [1.807, 2.05) is 0 Å². The summed E-state index contributed by atoms with van der Waals surface area (Å²) in [5.41, 5.74) is 0.131. The number of nitrogens with one attached hydrogen (secondary N) is 2. The van der Waals surface area contributed by atoms with Crippen LogP contribution < -0.4 is 10.6 Å². The lowest BCUT2D eigenvalue weighted by atomic mass is 10.1. The quantitative estimate of drug-likeness (QED) is 0.379. The van der Waals surface area contributed by atoms with Crippen molar-refractivity contribution >= 4 is 29.5 Å². The van der Waals surface area contributed by atoms with Gasteiger partial charge in [0.15, 0.2) is 0 Å². The summed E-state index contributed by atoms with van der Waals surface area (Å²) in [6, 6.07) is 12.3. The van der Waals surface area contributed by atoms with Gasteiger partial charge in [-0.1, -0.05) is 30.3 Å². The lowest BCUT2D eigenvalue weighted by molar-refractivity contribution is -0.384. The minimum absolute atomic E-state index is 0.193. The van der Waals surface area contributed by atoms with Gasteiger partial charge in [-0.2, -0.15) is 0 Å². The van der Waals surface area contributed by atoms with Crippen molar-refractivity contribution < 1.29 is 24.4 Å². The molecule has 9 heteroatoms. The van der Waals surface area contributed by atoms with E-state index in [0.717, 1.165) is 0 Å². The molecule has 0 fully saturated rings. The monoisotopic (exact) mass is 383 g/mol. The van der Waals surface area contributed by atoms with E-state index in [4.69, 9.17) is 5.11 Å². The van der Waals surface area contributed by atoms with Crippen molar-refractivity contribution in [3.8, 4) is 0 Å². The number of rotatable bonds is 7. The van der Waals surface area contributed by atoms with Crippen molar-refractivity contribution in [3.63, 3.8) is 0 Å². The van der Waals surface area contributed by atoms with Crippen molar-refractivity contribution in [1.29, 1.82) is 0 Å². The molecule has 0 aliphatic rings. The number of carboxylic acids is 1. The highest BCUT2D eigenvalue weighted by molar-refractivity contribution is 6.06. The second-order valence-corrected chi connectivity index (χ2v) is 5.76. The largest absolute Gasteiger partial charge is 0.480 e. The molecule has 0 unspecified atom stereocenters. The number of nitro groups is 1. The third-order valence-electron chi connectivity index (χ3n) is 3.64. The van der Waals surface area contributed by atoms with Crippen LogP contribution >= 0.6 is 0 Å². The number of aliphatic carboxylic acids is 1. The highest BCUT2D eigenvalue weighted by Gasteiger charge is 2.20. The summed E-state index contributed by atoms with van der Waals surface area (Å²) in [5.74, 6) is -2.68. The minimum atomic E-state index is -1.25. The summed E-state index contributed by atoms with van der Waals surface area (Å²) >= 11 is 0. The zero-order valence-corrected chi connectivity index (χ0v) is 14.8. The molecule has 0 saturated carbocycles. The second-order valence-electron chi connectivity index (χ2n) is 5.76. The first-order valence-corrected chi connectivity index (χ1v) is 8.14. The first kappa shape index (κ1) is 20.3. The van der Waals surface area contributed by atoms with Gasteiger partial charge in [0.2, 0.25) is 0 Å². The molecule has 144 valence electrons. The van der Waals surface area contributed by atoms with Gasteiger partial charge < -0.3 is 15.7 Å². The molecular weight excluding hydrogens is 366 g/mol. The Labute approximate surface area is 159 Å². The Balaban J connectivity index is 2.36. The van der Waals surface area contributed by atoms with Crippen molar-refractivity contribution in [2.24, 2.45) is 0 Å². The topological polar surface area (TPSA) is 139 Å². The second kappa shape index (κ2) is 9.08. The zero-order valence-electron chi connectivity index (χ0n) is 14.8. The maximum absolute atomic E-state index is 12.5. The Bertz CT molecular complexity index is 940. The molecule has 2 aromatic carbocycles. The summed E-state index contributed by atoms with van der Waals surface area (Å²) in [6.45, 7) is 1.27. The van der Waals surface area contributed by atoms with E-state index < -0.39 is 28.7 Å². The summed E-state index contributed by atoms with van der Waals surface area (Å²) in [6.07, 6.45) is 1.23. The van der Waals surface area contributed by atoms with Gasteiger partial charge >= 0.3 is 5.97 Å². The van der Waals surface area contributed by atoms with Gasteiger partial charge in [0.1, 0.15) is 11.7 Å². The molecule has 0 aliphatic carbocycles. The van der Waals surface area contributed by atoms with Crippen molar-refractivity contribution in [1.82, 2.24) is 10.6 Å². The van der Waals surface area contributed by atoms with E-state index in [0.29, 0.717) is 0 Å². The van der Waals surface area contributed by atoms with Crippen LogP contribution in [0.5, 0.6) is 0 Å². The van der Waals surface area contributed by atoms with E-state index in [1.165, 1.54) is 49.4 Å². The van der Waals surface area contributed by atoms with E-state index in [2.05, 4.69) is 10.6 Å². The highest BCUT2D eigenvalue weighted by Crippen LogP contribution is 2.15. The van der Waals surface area contributed by atoms with Gasteiger partial charge in [-0.15, -0.1) is 0 Å². The molecule has 0 aliphatic heterocycles. The van der Waals surface area contributed by atoms with Crippen LogP contribution in [0, 0.1) is 10.1 Å². The number of nitro benzene ring substituents is 1. The average Bonchev–Trinajstić information content (AvgIpc) is 2.68. The fourth-order valence-electron chi connectivity index (χ4n) is 2.17. The molecule has 0 radical (unpaired) electrons. The van der Waals surface area contributed by atoms with Crippen LogP contribution in [0.2, 0.25) is 0 Å². The average molecular weight is 383 g/mol. The molecule has 2 rings (SSSR count). The third-order valence-corrected chi connectivity index (χ3v) is 3.64. The van der Waals surface area contributed by atoms with E-state index in [1.54, 1.807) is 18.2 Å². The summed E-state index contributed by atoms with van der Waals surface area (Å²) in [5, 5.41) is 24.6. The molecule has 2 amide bonds. The molecule has 0 heterocycles. The molecule has 0 aromatic heterocycles. The summed E-state index contributed by atoms with van der Waals surface area (Å²) < 4.78 is 0. The number of hydrogen-bond donors (Lipinski definition) is 3. The van der Waals surface area contributed by atoms with Crippen molar-refractivity contribution in [3.05, 3.63) is 81.5 Å². The van der Waals surface area contributed by atoms with Gasteiger partial charge in [-0.3, -0.25) is 24.5 Å². The van der Waals surface area contributed by atoms with Crippen LogP contribution in [-0.2, 0) is 9.59 Å². The molecule has 3 N–H and O–H groups in total. The molecule has 0 spiro atoms. The number of carbonyl (C=O) groups excluding carboxylic acids is 2. The van der Waals surface area contributed by atoms with Gasteiger partial charge in [-0.05, 0) is 30.7 Å². The van der Waals surface area contributed by atoms with E-state index >= 15 is 0 Å². The Morgan fingerprint density at radius 3 is 2.39 bits per heavy atom. The minimum Gasteiger partial charge on any atom is -0.480 e. The lowest BCUT2D eigenvalue weighted by Gasteiger charge is -2.13. The summed E-state index contributed by atoms with van der Waals surface area (Å²) in [4.78, 5) is 46.2. The Morgan fingerprint density at radius 2 is 1.79 bits per heavy atom. The maximum Gasteiger partial charge on any atom is 0.325 e. The zero-order chi connectivity index (χ0) is 20.7. The molecule has 0 saturated heterocycles. The number of carboxylic acid groups (broad SMARTS) is 1. The fraction of sp³-hybridized carbons (Fsp3) is 0.105. The Morgan fingerprint density at radius 1 is 1.11 bits per heavy atom. The normalized spacial score (nSPS) is 12.0. The van der Waals surface area contributed by atoms with Crippen molar-refractivity contribution in [2.45, 2.75) is 13.0 Å². The van der Waals surface area contributed by atoms with Crippen LogP contribution in [0.3, 0.4) is 0 Å². The van der Waals surface area contributed by atoms with E-state index in [9.17, 15) is 24.5 Å². The van der Waals surface area contributed by atoms with Gasteiger partial charge in [0, 0.05) is 17.7 Å². The molecule has 1 atom stereocenters. The Kier molecular flexibility index (Phi) is 6.58. The van der Waals surface area contributed by atoms with Crippen LogP contribution in [-0.4, -0.2) is 33.9 Å². The predicted octanol–water partition coefficient (Wildman–Crippen LogP) is 1.96. The van der Waals surface area contributed by atoms with Gasteiger partial charge in [0.05, 0.1) is 4.92 Å². The van der Waals surface area contributed by atoms with Crippen LogP contribution in [0.1, 0.15) is 22.8 Å². The third kappa shape index (κ3) is 5.49. The number of nitrogens with zero attached hydrogens (tertiary/aromatic N) is 1.